The van der Waals surface area contributed by atoms with Crippen molar-refractivity contribution in [2.75, 3.05) is 39.6 Å². The molecule has 0 aromatic heterocycles. The van der Waals surface area contributed by atoms with E-state index in [2.05, 4.69) is 0 Å². The number of carboxylic acids is 2. The van der Waals surface area contributed by atoms with E-state index in [4.69, 9.17) is 26.6 Å². The molecule has 10 nitrogen and oxygen atoms in total. The molecular formula is C22H44O10Si2. The third kappa shape index (κ3) is 7.95. The first-order valence-corrected chi connectivity index (χ1v) is 15.8. The first kappa shape index (κ1) is 32.9. The second kappa shape index (κ2) is 16.5. The van der Waals surface area contributed by atoms with E-state index in [-0.39, 0.29) is 63.6 Å². The van der Waals surface area contributed by atoms with Crippen LogP contribution in [0.1, 0.15) is 68.2 Å². The van der Waals surface area contributed by atoms with Gasteiger partial charge >= 0.3 is 29.5 Å². The molecule has 0 saturated carbocycles. The van der Waals surface area contributed by atoms with Crippen LogP contribution in [0.15, 0.2) is 11.1 Å². The van der Waals surface area contributed by atoms with Crippen LogP contribution < -0.4 is 0 Å². The highest BCUT2D eigenvalue weighted by Crippen LogP contribution is 2.44. The zero-order valence-corrected chi connectivity index (χ0v) is 24.0. The lowest BCUT2D eigenvalue weighted by Gasteiger charge is -2.38. The number of carboxylic acid groups (broad SMARTS) is 2. The van der Waals surface area contributed by atoms with Gasteiger partial charge in [-0.1, -0.05) is 13.8 Å². The molecule has 2 unspecified atom stereocenters. The van der Waals surface area contributed by atoms with Crippen molar-refractivity contribution in [1.82, 2.24) is 0 Å². The Bertz CT molecular complexity index is 568. The Labute approximate surface area is 206 Å². The summed E-state index contributed by atoms with van der Waals surface area (Å²) in [5, 5.41) is 20.8. The van der Waals surface area contributed by atoms with Crippen LogP contribution in [-0.4, -0.2) is 79.4 Å². The zero-order valence-electron chi connectivity index (χ0n) is 22.0. The van der Waals surface area contributed by atoms with E-state index in [0.29, 0.717) is 0 Å². The fraction of sp³-hybridized carbons (Fsp3) is 0.818. The Kier molecular flexibility index (Phi) is 16.0. The molecule has 2 N–H and O–H groups in total. The van der Waals surface area contributed by atoms with Gasteiger partial charge in [0.15, 0.2) is 0 Å². The third-order valence-corrected chi connectivity index (χ3v) is 12.4. The van der Waals surface area contributed by atoms with Crippen LogP contribution in [-0.2, 0) is 36.1 Å². The van der Waals surface area contributed by atoms with Crippen LogP contribution in [0, 0.1) is 0 Å². The van der Waals surface area contributed by atoms with E-state index >= 15 is 0 Å². The molecule has 0 aromatic rings. The Morgan fingerprint density at radius 2 is 0.735 bits per heavy atom. The molecule has 200 valence electrons. The summed E-state index contributed by atoms with van der Waals surface area (Å²) < 4.78 is 35.9. The average Bonchev–Trinajstić information content (AvgIpc) is 2.76. The fourth-order valence-corrected chi connectivity index (χ4v) is 10.6. The number of carbonyl (C=O) groups is 2. The molecule has 0 aliphatic rings. The second-order valence-corrected chi connectivity index (χ2v) is 12.7. The van der Waals surface area contributed by atoms with Crippen molar-refractivity contribution < 1.29 is 46.4 Å². The van der Waals surface area contributed by atoms with Crippen LogP contribution in [0.5, 0.6) is 0 Å². The summed E-state index contributed by atoms with van der Waals surface area (Å²) in [6.07, 6.45) is 0.487. The van der Waals surface area contributed by atoms with Gasteiger partial charge in [-0.2, -0.15) is 0 Å². The standard InChI is InChI=1S/C22H44O10Si2/c1-9-17(33(27-11-3,28-12-4)29-13-5)19(21(23)24)20(22(25)26)18(10-2)34(30-14-6,31-15-7)32-16-8/h17-18H,9-16H2,1-8H3,(H,23,24)(H,25,26). The van der Waals surface area contributed by atoms with Gasteiger partial charge < -0.3 is 36.8 Å². The van der Waals surface area contributed by atoms with Crippen LogP contribution in [0.25, 0.3) is 0 Å². The molecule has 0 saturated heterocycles. The molecule has 2 atom stereocenters. The quantitative estimate of drug-likeness (QED) is 0.177. The maximum absolute atomic E-state index is 12.8. The fourth-order valence-electron chi connectivity index (χ4n) is 4.23. The van der Waals surface area contributed by atoms with E-state index in [9.17, 15) is 19.8 Å². The van der Waals surface area contributed by atoms with E-state index < -0.39 is 40.6 Å². The van der Waals surface area contributed by atoms with Crippen molar-refractivity contribution in [1.29, 1.82) is 0 Å². The van der Waals surface area contributed by atoms with Gasteiger partial charge in [-0.05, 0) is 54.4 Å². The monoisotopic (exact) mass is 524 g/mol. The average molecular weight is 525 g/mol. The molecule has 0 heterocycles. The second-order valence-electron chi connectivity index (χ2n) is 7.16. The molecule has 0 bridgehead atoms. The van der Waals surface area contributed by atoms with Gasteiger partial charge in [0.1, 0.15) is 0 Å². The topological polar surface area (TPSA) is 130 Å². The van der Waals surface area contributed by atoms with Gasteiger partial charge in [0.05, 0.1) is 22.2 Å². The molecule has 0 spiro atoms. The van der Waals surface area contributed by atoms with Gasteiger partial charge in [0.25, 0.3) is 0 Å². The molecule has 12 heteroatoms. The van der Waals surface area contributed by atoms with E-state index in [0.717, 1.165) is 0 Å². The van der Waals surface area contributed by atoms with Crippen molar-refractivity contribution in [3.63, 3.8) is 0 Å². The Morgan fingerprint density at radius 1 is 0.529 bits per heavy atom. The molecule has 34 heavy (non-hydrogen) atoms. The molecule has 0 aliphatic heterocycles. The van der Waals surface area contributed by atoms with Crippen molar-refractivity contribution >= 4 is 29.5 Å². The Hall–Kier alpha value is -1.13. The minimum absolute atomic E-state index is 0.227. The van der Waals surface area contributed by atoms with E-state index in [1.165, 1.54) is 0 Å². The van der Waals surface area contributed by atoms with Crippen LogP contribution in [0.3, 0.4) is 0 Å². The molecule has 0 aromatic carbocycles. The van der Waals surface area contributed by atoms with Gasteiger partial charge in [-0.3, -0.25) is 0 Å². The maximum Gasteiger partial charge on any atom is 0.509 e. The lowest BCUT2D eigenvalue weighted by atomic mass is 9.98. The lowest BCUT2D eigenvalue weighted by Crippen LogP contribution is -2.54. The highest BCUT2D eigenvalue weighted by molar-refractivity contribution is 6.65. The van der Waals surface area contributed by atoms with Crippen molar-refractivity contribution in [3.05, 3.63) is 11.1 Å². The highest BCUT2D eigenvalue weighted by Gasteiger charge is 2.57. The van der Waals surface area contributed by atoms with Gasteiger partial charge in [0.2, 0.25) is 0 Å². The molecule has 0 radical (unpaired) electrons. The molecule has 0 fully saturated rings. The minimum Gasteiger partial charge on any atom is -0.478 e. The zero-order chi connectivity index (χ0) is 26.4. The number of hydrogen-bond donors (Lipinski definition) is 2. The number of aliphatic carboxylic acids is 2. The summed E-state index contributed by atoms with van der Waals surface area (Å²) in [5.41, 5.74) is -2.44. The molecular weight excluding hydrogens is 480 g/mol. The van der Waals surface area contributed by atoms with E-state index in [1.54, 1.807) is 55.4 Å². The molecule has 0 aliphatic carbocycles. The van der Waals surface area contributed by atoms with Crippen LogP contribution in [0.2, 0.25) is 11.1 Å². The molecule has 0 amide bonds. The maximum atomic E-state index is 12.8. The first-order valence-electron chi connectivity index (χ1n) is 12.2. The van der Waals surface area contributed by atoms with Gasteiger partial charge in [-0.15, -0.1) is 0 Å². The summed E-state index contributed by atoms with van der Waals surface area (Å²) in [7, 11) is -7.28. The van der Waals surface area contributed by atoms with Crippen molar-refractivity contribution in [2.45, 2.75) is 79.3 Å². The minimum atomic E-state index is -3.64. The predicted molar refractivity (Wildman–Crippen MR) is 132 cm³/mol. The number of rotatable bonds is 20. The highest BCUT2D eigenvalue weighted by atomic mass is 28.4. The normalized spacial score (nSPS) is 15.1. The largest absolute Gasteiger partial charge is 0.509 e. The number of hydrogen-bond acceptors (Lipinski definition) is 8. The Morgan fingerprint density at radius 3 is 0.853 bits per heavy atom. The predicted octanol–water partition coefficient (Wildman–Crippen LogP) is 4.11. The van der Waals surface area contributed by atoms with E-state index in [1.807, 2.05) is 0 Å². The van der Waals surface area contributed by atoms with Crippen LogP contribution in [0.4, 0.5) is 0 Å². The summed E-state index contributed by atoms with van der Waals surface area (Å²) >= 11 is 0. The lowest BCUT2D eigenvalue weighted by molar-refractivity contribution is -0.136. The summed E-state index contributed by atoms with van der Waals surface area (Å²) in [4.78, 5) is 25.5. The third-order valence-electron chi connectivity index (χ3n) is 5.19. The summed E-state index contributed by atoms with van der Waals surface area (Å²) in [6.45, 7) is 15.5. The SMILES string of the molecule is CCO[Si](OCC)(OCC)C(CC)C(C(=O)O)=C(C(=O)O)C(CC)[Si](OCC)(OCC)OCC. The molecule has 0 rings (SSSR count). The van der Waals surface area contributed by atoms with Crippen molar-refractivity contribution in [2.24, 2.45) is 0 Å². The first-order chi connectivity index (χ1) is 16.1. The Balaban J connectivity index is 7.42. The van der Waals surface area contributed by atoms with Gasteiger partial charge in [-0.25, -0.2) is 9.59 Å². The summed E-state index contributed by atoms with van der Waals surface area (Å²) in [5.74, 6) is -2.74. The summed E-state index contributed by atoms with van der Waals surface area (Å²) in [6, 6.07) is 0. The van der Waals surface area contributed by atoms with Crippen molar-refractivity contribution in [3.8, 4) is 0 Å². The van der Waals surface area contributed by atoms with Crippen LogP contribution >= 0.6 is 0 Å². The van der Waals surface area contributed by atoms with Gasteiger partial charge in [0, 0.05) is 39.6 Å². The smallest absolute Gasteiger partial charge is 0.478 e.